The molecule has 1 N–H and O–H groups in total. The molecule has 0 aromatic rings. The maximum absolute atomic E-state index is 11.3. The lowest BCUT2D eigenvalue weighted by molar-refractivity contribution is -0.637. The maximum Gasteiger partial charge on any atom is 0.468 e. The summed E-state index contributed by atoms with van der Waals surface area (Å²) in [6, 6.07) is 0. The minimum Gasteiger partial charge on any atom is -0.384 e. The standard InChI is InChI=1S/C10H8N3O2/c14-9-3-1-2-8-7(9)6-11-13-10(15)4-5-12(8)13/h1-6,9,14H/q+1. The summed E-state index contributed by atoms with van der Waals surface area (Å²) in [6.07, 6.45) is 9.20. The molecule has 0 radical (unpaired) electrons. The number of allylic oxidation sites excluding steroid dienone is 2. The van der Waals surface area contributed by atoms with Crippen molar-refractivity contribution < 1.29 is 14.7 Å². The van der Waals surface area contributed by atoms with Crippen LogP contribution >= 0.6 is 0 Å². The summed E-state index contributed by atoms with van der Waals surface area (Å²) in [5.41, 5.74) is 1.48. The van der Waals surface area contributed by atoms with Gasteiger partial charge in [0.25, 0.3) is 0 Å². The van der Waals surface area contributed by atoms with Crippen LogP contribution in [-0.4, -0.2) is 26.9 Å². The van der Waals surface area contributed by atoms with E-state index in [1.54, 1.807) is 23.4 Å². The van der Waals surface area contributed by atoms with Crippen molar-refractivity contribution in [1.29, 1.82) is 0 Å². The number of carbonyl (C=O) groups is 1. The first kappa shape index (κ1) is 8.31. The van der Waals surface area contributed by atoms with E-state index in [0.717, 1.165) is 5.70 Å². The van der Waals surface area contributed by atoms with Crippen LogP contribution in [0.25, 0.3) is 0 Å². The van der Waals surface area contributed by atoms with E-state index in [0.29, 0.717) is 5.57 Å². The Morgan fingerprint density at radius 2 is 2.40 bits per heavy atom. The first-order valence-corrected chi connectivity index (χ1v) is 4.56. The van der Waals surface area contributed by atoms with Crippen molar-refractivity contribution in [2.75, 3.05) is 0 Å². The first-order chi connectivity index (χ1) is 7.27. The van der Waals surface area contributed by atoms with Gasteiger partial charge in [0, 0.05) is 10.7 Å². The van der Waals surface area contributed by atoms with E-state index in [2.05, 4.69) is 5.11 Å². The smallest absolute Gasteiger partial charge is 0.384 e. The quantitative estimate of drug-likeness (QED) is 0.580. The van der Waals surface area contributed by atoms with E-state index in [4.69, 9.17) is 0 Å². The SMILES string of the molecule is O=C1C=CN2C3=CC=CC(O)C3=CN=[N+]12. The highest BCUT2D eigenvalue weighted by Crippen LogP contribution is 2.29. The highest BCUT2D eigenvalue weighted by atomic mass is 16.3. The molecule has 0 bridgehead atoms. The van der Waals surface area contributed by atoms with Crippen molar-refractivity contribution in [3.63, 3.8) is 0 Å². The second-order valence-electron chi connectivity index (χ2n) is 3.37. The first-order valence-electron chi connectivity index (χ1n) is 4.56. The number of fused-ring (bicyclic) bond motifs is 3. The number of rotatable bonds is 0. The molecule has 15 heavy (non-hydrogen) atoms. The Labute approximate surface area is 85.6 Å². The Kier molecular flexibility index (Phi) is 1.52. The van der Waals surface area contributed by atoms with Gasteiger partial charge in [0.15, 0.2) is 0 Å². The second kappa shape index (κ2) is 2.74. The Morgan fingerprint density at radius 1 is 1.53 bits per heavy atom. The van der Waals surface area contributed by atoms with E-state index in [-0.39, 0.29) is 5.91 Å². The van der Waals surface area contributed by atoms with Crippen molar-refractivity contribution in [3.8, 4) is 0 Å². The van der Waals surface area contributed by atoms with Gasteiger partial charge in [-0.05, 0) is 6.08 Å². The van der Waals surface area contributed by atoms with Gasteiger partial charge in [-0.1, -0.05) is 17.2 Å². The van der Waals surface area contributed by atoms with Gasteiger partial charge < -0.3 is 5.11 Å². The molecule has 1 amide bonds. The number of nitrogens with zero attached hydrogens (tertiary/aromatic N) is 3. The summed E-state index contributed by atoms with van der Waals surface area (Å²) >= 11 is 0. The summed E-state index contributed by atoms with van der Waals surface area (Å²) in [5.74, 6) is -0.185. The zero-order valence-corrected chi connectivity index (χ0v) is 7.74. The third-order valence-electron chi connectivity index (χ3n) is 2.47. The van der Waals surface area contributed by atoms with Crippen molar-refractivity contribution in [3.05, 3.63) is 48.0 Å². The molecule has 3 rings (SSSR count). The number of azo groups is 1. The number of aliphatic hydroxyl groups is 1. The summed E-state index contributed by atoms with van der Waals surface area (Å²) in [6.45, 7) is 0. The molecule has 2 heterocycles. The second-order valence-corrected chi connectivity index (χ2v) is 3.37. The van der Waals surface area contributed by atoms with Crippen molar-refractivity contribution in [2.24, 2.45) is 5.11 Å². The summed E-state index contributed by atoms with van der Waals surface area (Å²) in [4.78, 5) is 12.6. The highest BCUT2D eigenvalue weighted by molar-refractivity contribution is 5.81. The van der Waals surface area contributed by atoms with Crippen LogP contribution in [0.3, 0.4) is 0 Å². The van der Waals surface area contributed by atoms with Gasteiger partial charge in [0.05, 0.1) is 17.1 Å². The average Bonchev–Trinajstić information content (AvgIpc) is 2.61. The topological polar surface area (TPSA) is 55.9 Å². The molecule has 0 saturated heterocycles. The molecule has 0 spiro atoms. The zero-order chi connectivity index (χ0) is 10.4. The van der Waals surface area contributed by atoms with E-state index in [1.807, 2.05) is 6.08 Å². The van der Waals surface area contributed by atoms with Crippen LogP contribution in [0, 0.1) is 0 Å². The van der Waals surface area contributed by atoms with Crippen LogP contribution in [0.2, 0.25) is 0 Å². The molecule has 1 aliphatic carbocycles. The number of hydrazine groups is 1. The van der Waals surface area contributed by atoms with E-state index >= 15 is 0 Å². The molecule has 1 atom stereocenters. The molecule has 0 aromatic carbocycles. The van der Waals surface area contributed by atoms with Crippen LogP contribution in [0.1, 0.15) is 0 Å². The molecule has 0 saturated carbocycles. The third kappa shape index (κ3) is 1.04. The number of aliphatic hydroxyl groups excluding tert-OH is 1. The largest absolute Gasteiger partial charge is 0.468 e. The van der Waals surface area contributed by atoms with Gasteiger partial charge in [-0.25, -0.2) is 4.79 Å². The van der Waals surface area contributed by atoms with Crippen LogP contribution < -0.4 is 0 Å². The molecule has 0 fully saturated rings. The zero-order valence-electron chi connectivity index (χ0n) is 7.74. The fourth-order valence-electron chi connectivity index (χ4n) is 1.74. The molecule has 74 valence electrons. The summed E-state index contributed by atoms with van der Waals surface area (Å²) in [5, 5.41) is 15.3. The van der Waals surface area contributed by atoms with Crippen LogP contribution in [0.5, 0.6) is 0 Å². The third-order valence-corrected chi connectivity index (χ3v) is 2.47. The maximum atomic E-state index is 11.3. The van der Waals surface area contributed by atoms with Crippen molar-refractivity contribution in [1.82, 2.24) is 5.01 Å². The van der Waals surface area contributed by atoms with Crippen molar-refractivity contribution >= 4 is 5.91 Å². The van der Waals surface area contributed by atoms with Gasteiger partial charge in [-0.2, -0.15) is 0 Å². The highest BCUT2D eigenvalue weighted by Gasteiger charge is 2.39. The number of carbonyl (C=O) groups excluding carboxylic acids is 1. The lowest BCUT2D eigenvalue weighted by Gasteiger charge is -2.21. The fourth-order valence-corrected chi connectivity index (χ4v) is 1.74. The number of hydrogen-bond donors (Lipinski definition) is 1. The van der Waals surface area contributed by atoms with Gasteiger partial charge in [0.2, 0.25) is 0 Å². The van der Waals surface area contributed by atoms with Crippen LogP contribution in [0.4, 0.5) is 0 Å². The van der Waals surface area contributed by atoms with Crippen LogP contribution in [0.15, 0.2) is 53.1 Å². The monoisotopic (exact) mass is 202 g/mol. The minimum atomic E-state index is -0.653. The number of hydrogen-bond acceptors (Lipinski definition) is 4. The molecule has 5 heteroatoms. The molecule has 0 aromatic heterocycles. The molecule has 2 aliphatic heterocycles. The van der Waals surface area contributed by atoms with Crippen LogP contribution in [-0.2, 0) is 4.79 Å². The van der Waals surface area contributed by atoms with Gasteiger partial charge in [0.1, 0.15) is 18.0 Å². The average molecular weight is 202 g/mol. The van der Waals surface area contributed by atoms with Gasteiger partial charge >= 0.3 is 5.91 Å². The molecular formula is C10H8N3O2+. The molecule has 5 nitrogen and oxygen atoms in total. The predicted octanol–water partition coefficient (Wildman–Crippen LogP) is 0.434. The Hall–Kier alpha value is -2.01. The Morgan fingerprint density at radius 3 is 3.27 bits per heavy atom. The lowest BCUT2D eigenvalue weighted by atomic mass is 10.0. The molecule has 1 unspecified atom stereocenters. The normalized spacial score (nSPS) is 27.0. The lowest BCUT2D eigenvalue weighted by Crippen LogP contribution is -2.33. The van der Waals surface area contributed by atoms with Gasteiger partial charge in [-0.3, -0.25) is 0 Å². The van der Waals surface area contributed by atoms with E-state index < -0.39 is 6.10 Å². The Bertz CT molecular complexity index is 497. The van der Waals surface area contributed by atoms with E-state index in [9.17, 15) is 9.90 Å². The molecular weight excluding hydrogens is 194 g/mol. The summed E-state index contributed by atoms with van der Waals surface area (Å²) in [7, 11) is 0. The predicted molar refractivity (Wildman–Crippen MR) is 50.0 cm³/mol. The fraction of sp³-hybridized carbons (Fsp3) is 0.100. The number of amides is 1. The van der Waals surface area contributed by atoms with Gasteiger partial charge in [-0.15, -0.1) is 0 Å². The Balaban J connectivity index is 2.14. The van der Waals surface area contributed by atoms with E-state index in [1.165, 1.54) is 17.1 Å². The molecule has 3 aliphatic rings. The van der Waals surface area contributed by atoms with Crippen molar-refractivity contribution in [2.45, 2.75) is 6.10 Å². The summed E-state index contributed by atoms with van der Waals surface area (Å²) < 4.78 is 0. The minimum absolute atomic E-state index is 0.185.